The number of allylic oxidation sites excluding steroid dienone is 1. The standard InChI is InChI=1S/C16H23NO5/c1-3-9-6-11-10(4-5-13(11)19)12(7-9)15(20)17-14(8(2)18)16(21)22/h7-11,14,18H,3-6H2,1-2H3,(H,17,20)(H,21,22)/t8-,9-,10+,11+,14+/m1/s1. The summed E-state index contributed by atoms with van der Waals surface area (Å²) in [6, 6.07) is -1.34. The number of hydrogen-bond donors (Lipinski definition) is 3. The molecule has 6 nitrogen and oxygen atoms in total. The van der Waals surface area contributed by atoms with Crippen LogP contribution < -0.4 is 5.32 Å². The summed E-state index contributed by atoms with van der Waals surface area (Å²) in [5, 5.41) is 20.9. The lowest BCUT2D eigenvalue weighted by molar-refractivity contribution is -0.144. The lowest BCUT2D eigenvalue weighted by Crippen LogP contribution is -2.49. The maximum Gasteiger partial charge on any atom is 0.328 e. The van der Waals surface area contributed by atoms with Crippen LogP contribution in [0.3, 0.4) is 0 Å². The van der Waals surface area contributed by atoms with Crippen LogP contribution >= 0.6 is 0 Å². The molecule has 1 fully saturated rings. The Labute approximate surface area is 129 Å². The summed E-state index contributed by atoms with van der Waals surface area (Å²) in [4.78, 5) is 35.6. The third-order valence-electron chi connectivity index (χ3n) is 4.79. The zero-order valence-corrected chi connectivity index (χ0v) is 12.9. The summed E-state index contributed by atoms with van der Waals surface area (Å²) in [6.07, 6.45) is 3.44. The van der Waals surface area contributed by atoms with E-state index in [1.807, 2.05) is 13.0 Å². The Balaban J connectivity index is 2.21. The van der Waals surface area contributed by atoms with Gasteiger partial charge >= 0.3 is 5.97 Å². The van der Waals surface area contributed by atoms with Gasteiger partial charge in [-0.05, 0) is 38.0 Å². The molecule has 0 radical (unpaired) electrons. The predicted octanol–water partition coefficient (Wildman–Crippen LogP) is 0.888. The Morgan fingerprint density at radius 2 is 2.09 bits per heavy atom. The monoisotopic (exact) mass is 309 g/mol. The highest BCUT2D eigenvalue weighted by atomic mass is 16.4. The summed E-state index contributed by atoms with van der Waals surface area (Å²) >= 11 is 0. The highest BCUT2D eigenvalue weighted by Gasteiger charge is 2.43. The zero-order chi connectivity index (χ0) is 16.4. The Hall–Kier alpha value is -1.69. The Kier molecular flexibility index (Phi) is 5.01. The van der Waals surface area contributed by atoms with Gasteiger partial charge in [-0.2, -0.15) is 0 Å². The van der Waals surface area contributed by atoms with Crippen molar-refractivity contribution in [2.75, 3.05) is 0 Å². The van der Waals surface area contributed by atoms with Gasteiger partial charge in [-0.3, -0.25) is 9.59 Å². The van der Waals surface area contributed by atoms with Crippen molar-refractivity contribution in [2.45, 2.75) is 51.7 Å². The Morgan fingerprint density at radius 1 is 1.41 bits per heavy atom. The number of rotatable bonds is 5. The van der Waals surface area contributed by atoms with E-state index in [-0.39, 0.29) is 23.5 Å². The molecule has 1 amide bonds. The minimum atomic E-state index is -1.34. The number of amides is 1. The van der Waals surface area contributed by atoms with Gasteiger partial charge in [0.25, 0.3) is 0 Å². The van der Waals surface area contributed by atoms with Crippen molar-refractivity contribution < 1.29 is 24.6 Å². The normalized spacial score (nSPS) is 30.2. The fraction of sp³-hybridized carbons (Fsp3) is 0.688. The van der Waals surface area contributed by atoms with E-state index in [0.29, 0.717) is 18.4 Å². The first-order valence-corrected chi connectivity index (χ1v) is 7.81. The van der Waals surface area contributed by atoms with E-state index in [4.69, 9.17) is 5.11 Å². The molecule has 122 valence electrons. The molecule has 0 aromatic heterocycles. The van der Waals surface area contributed by atoms with E-state index in [9.17, 15) is 19.5 Å². The fourth-order valence-electron chi connectivity index (χ4n) is 3.49. The highest BCUT2D eigenvalue weighted by molar-refractivity contribution is 5.98. The average Bonchev–Trinajstić information content (AvgIpc) is 2.84. The number of hydrogen-bond acceptors (Lipinski definition) is 4. The summed E-state index contributed by atoms with van der Waals surface area (Å²) in [5.74, 6) is -1.61. The smallest absolute Gasteiger partial charge is 0.328 e. The van der Waals surface area contributed by atoms with E-state index in [1.165, 1.54) is 6.92 Å². The van der Waals surface area contributed by atoms with Crippen LogP contribution in [0.15, 0.2) is 11.6 Å². The number of aliphatic carboxylic acids is 1. The number of fused-ring (bicyclic) bond motifs is 1. The largest absolute Gasteiger partial charge is 0.480 e. The lowest BCUT2D eigenvalue weighted by atomic mass is 9.74. The molecule has 0 saturated heterocycles. The van der Waals surface area contributed by atoms with Crippen molar-refractivity contribution in [3.05, 3.63) is 11.6 Å². The van der Waals surface area contributed by atoms with Crippen molar-refractivity contribution >= 4 is 17.7 Å². The maximum absolute atomic E-state index is 12.5. The molecule has 0 aromatic rings. The Bertz CT molecular complexity index is 511. The molecular weight excluding hydrogens is 286 g/mol. The third-order valence-corrected chi connectivity index (χ3v) is 4.79. The van der Waals surface area contributed by atoms with Gasteiger partial charge < -0.3 is 15.5 Å². The molecule has 2 aliphatic carbocycles. The zero-order valence-electron chi connectivity index (χ0n) is 12.9. The fourth-order valence-corrected chi connectivity index (χ4v) is 3.49. The number of Topliss-reactive ketones (excluding diaryl/α,β-unsaturated/α-hetero) is 1. The molecule has 0 unspecified atom stereocenters. The highest BCUT2D eigenvalue weighted by Crippen LogP contribution is 2.43. The molecule has 0 aliphatic heterocycles. The van der Waals surface area contributed by atoms with Crippen molar-refractivity contribution in [3.63, 3.8) is 0 Å². The molecule has 6 heteroatoms. The molecule has 0 bridgehead atoms. The van der Waals surface area contributed by atoms with Gasteiger partial charge in [0.05, 0.1) is 6.10 Å². The van der Waals surface area contributed by atoms with E-state index >= 15 is 0 Å². The van der Waals surface area contributed by atoms with Crippen LogP contribution in [-0.2, 0) is 14.4 Å². The summed E-state index contributed by atoms with van der Waals surface area (Å²) in [5.41, 5.74) is 0.515. The van der Waals surface area contributed by atoms with Gasteiger partial charge in [-0.1, -0.05) is 13.0 Å². The van der Waals surface area contributed by atoms with Gasteiger partial charge in [0.2, 0.25) is 5.91 Å². The van der Waals surface area contributed by atoms with Crippen molar-refractivity contribution in [3.8, 4) is 0 Å². The van der Waals surface area contributed by atoms with Crippen molar-refractivity contribution in [2.24, 2.45) is 17.8 Å². The quantitative estimate of drug-likeness (QED) is 0.699. The number of carbonyl (C=O) groups excluding carboxylic acids is 2. The van der Waals surface area contributed by atoms with Crippen LogP contribution in [0, 0.1) is 17.8 Å². The first-order valence-electron chi connectivity index (χ1n) is 7.81. The second kappa shape index (κ2) is 6.60. The second-order valence-electron chi connectivity index (χ2n) is 6.27. The van der Waals surface area contributed by atoms with Crippen LogP contribution in [0.5, 0.6) is 0 Å². The second-order valence-corrected chi connectivity index (χ2v) is 6.27. The van der Waals surface area contributed by atoms with Crippen LogP contribution in [0.4, 0.5) is 0 Å². The number of carboxylic acids is 1. The number of carbonyl (C=O) groups is 3. The molecule has 2 rings (SSSR count). The third kappa shape index (κ3) is 3.21. The van der Waals surface area contributed by atoms with Gasteiger partial charge in [0, 0.05) is 17.9 Å². The van der Waals surface area contributed by atoms with Crippen molar-refractivity contribution in [1.82, 2.24) is 5.32 Å². The number of aliphatic hydroxyl groups excluding tert-OH is 1. The van der Waals surface area contributed by atoms with Crippen LogP contribution in [0.25, 0.3) is 0 Å². The van der Waals surface area contributed by atoms with E-state index < -0.39 is 24.0 Å². The molecule has 1 saturated carbocycles. The average molecular weight is 309 g/mol. The summed E-state index contributed by atoms with van der Waals surface area (Å²) < 4.78 is 0. The predicted molar refractivity (Wildman–Crippen MR) is 78.9 cm³/mol. The van der Waals surface area contributed by atoms with Gasteiger partial charge in [-0.15, -0.1) is 0 Å². The number of carboxylic acid groups (broad SMARTS) is 1. The van der Waals surface area contributed by atoms with Crippen LogP contribution in [0.1, 0.15) is 39.5 Å². The summed E-state index contributed by atoms with van der Waals surface area (Å²) in [7, 11) is 0. The molecule has 5 atom stereocenters. The van der Waals surface area contributed by atoms with Gasteiger partial charge in [-0.25, -0.2) is 4.79 Å². The minimum absolute atomic E-state index is 0.112. The molecule has 0 spiro atoms. The molecule has 22 heavy (non-hydrogen) atoms. The minimum Gasteiger partial charge on any atom is -0.480 e. The SMILES string of the molecule is CC[C@H]1C=C(C(=O)N[C@H](C(=O)O)[C@@H](C)O)[C@H]2CCC(=O)[C@H]2C1. The lowest BCUT2D eigenvalue weighted by Gasteiger charge is -2.30. The summed E-state index contributed by atoms with van der Waals surface area (Å²) in [6.45, 7) is 3.33. The van der Waals surface area contributed by atoms with E-state index in [2.05, 4.69) is 5.32 Å². The molecule has 3 N–H and O–H groups in total. The first kappa shape index (κ1) is 16.7. The van der Waals surface area contributed by atoms with E-state index in [0.717, 1.165) is 12.8 Å². The van der Waals surface area contributed by atoms with Gasteiger partial charge in [0.15, 0.2) is 6.04 Å². The number of nitrogens with one attached hydrogen (secondary N) is 1. The molecule has 0 heterocycles. The maximum atomic E-state index is 12.5. The molecule has 2 aliphatic rings. The Morgan fingerprint density at radius 3 is 2.64 bits per heavy atom. The number of aliphatic hydroxyl groups is 1. The van der Waals surface area contributed by atoms with Crippen LogP contribution in [0.2, 0.25) is 0 Å². The first-order chi connectivity index (χ1) is 10.3. The topological polar surface area (TPSA) is 104 Å². The van der Waals surface area contributed by atoms with Crippen molar-refractivity contribution in [1.29, 1.82) is 0 Å². The van der Waals surface area contributed by atoms with Crippen LogP contribution in [-0.4, -0.2) is 40.0 Å². The van der Waals surface area contributed by atoms with Gasteiger partial charge in [0.1, 0.15) is 5.78 Å². The molecular formula is C16H23NO5. The van der Waals surface area contributed by atoms with E-state index in [1.54, 1.807) is 0 Å². The number of ketones is 1. The molecule has 0 aromatic carbocycles.